The number of carbonyl (C=O) groups is 2. The Morgan fingerprint density at radius 3 is 2.44 bits per heavy atom. The zero-order valence-electron chi connectivity index (χ0n) is 9.30. The van der Waals surface area contributed by atoms with Crippen LogP contribution in [-0.4, -0.2) is 30.8 Å². The average Bonchev–Trinajstić information content (AvgIpc) is 2.36. The van der Waals surface area contributed by atoms with Crippen molar-refractivity contribution in [3.8, 4) is 0 Å². The highest BCUT2D eigenvalue weighted by Crippen LogP contribution is 2.20. The Bertz CT molecular complexity index is 452. The zero-order chi connectivity index (χ0) is 13.5. The van der Waals surface area contributed by atoms with Gasteiger partial charge in [0.25, 0.3) is 5.91 Å². The van der Waals surface area contributed by atoms with Gasteiger partial charge in [-0.15, -0.1) is 11.6 Å². The second kappa shape index (κ2) is 7.46. The number of amides is 2. The lowest BCUT2D eigenvalue weighted by Crippen LogP contribution is -2.35. The van der Waals surface area contributed by atoms with Gasteiger partial charge in [0.05, 0.1) is 10.6 Å². The van der Waals surface area contributed by atoms with Crippen LogP contribution in [-0.2, 0) is 4.79 Å². The highest BCUT2D eigenvalue weighted by atomic mass is 35.5. The number of hydrogen-bond acceptors (Lipinski definition) is 2. The van der Waals surface area contributed by atoms with E-state index in [1.807, 2.05) is 0 Å². The molecular weight excluding hydrogens is 298 g/mol. The van der Waals surface area contributed by atoms with Gasteiger partial charge in [-0.3, -0.25) is 9.59 Å². The summed E-state index contributed by atoms with van der Waals surface area (Å²) in [7, 11) is 0. The molecule has 1 aromatic rings. The van der Waals surface area contributed by atoms with E-state index in [1.165, 1.54) is 6.07 Å². The summed E-state index contributed by atoms with van der Waals surface area (Å²) in [6, 6.07) is 4.63. The van der Waals surface area contributed by atoms with Crippen molar-refractivity contribution in [1.29, 1.82) is 0 Å². The van der Waals surface area contributed by atoms with E-state index >= 15 is 0 Å². The molecule has 0 aliphatic rings. The van der Waals surface area contributed by atoms with Gasteiger partial charge in [-0.25, -0.2) is 0 Å². The molecule has 98 valence electrons. The monoisotopic (exact) mass is 308 g/mol. The predicted octanol–water partition coefficient (Wildman–Crippen LogP) is 2.08. The van der Waals surface area contributed by atoms with Gasteiger partial charge in [0, 0.05) is 18.1 Å². The Hall–Kier alpha value is -0.970. The lowest BCUT2D eigenvalue weighted by atomic mass is 10.2. The molecule has 0 atom stereocenters. The minimum Gasteiger partial charge on any atom is -0.353 e. The molecule has 0 aromatic heterocycles. The Morgan fingerprint density at radius 2 is 1.78 bits per heavy atom. The molecule has 7 heteroatoms. The third-order valence-electron chi connectivity index (χ3n) is 2.03. The van der Waals surface area contributed by atoms with Crippen molar-refractivity contribution < 1.29 is 9.59 Å². The number of rotatable bonds is 5. The molecule has 4 nitrogen and oxygen atoms in total. The number of alkyl halides is 1. The Balaban J connectivity index is 2.46. The fourth-order valence-electron chi connectivity index (χ4n) is 1.19. The summed E-state index contributed by atoms with van der Waals surface area (Å²) in [5.74, 6) is -0.733. The van der Waals surface area contributed by atoms with E-state index in [2.05, 4.69) is 10.6 Å². The molecule has 2 amide bonds. The third-order valence-corrected chi connectivity index (χ3v) is 2.83. The molecule has 0 spiro atoms. The van der Waals surface area contributed by atoms with E-state index in [1.54, 1.807) is 12.1 Å². The summed E-state index contributed by atoms with van der Waals surface area (Å²) < 4.78 is 0. The van der Waals surface area contributed by atoms with Crippen LogP contribution in [0.5, 0.6) is 0 Å². The standard InChI is InChI=1S/C11H11Cl3N2O2/c12-6-10(17)15-3-4-16-11(18)8-5-7(13)1-2-9(8)14/h1-2,5H,3-4,6H2,(H,15,17)(H,16,18). The molecule has 0 fully saturated rings. The van der Waals surface area contributed by atoms with E-state index in [-0.39, 0.29) is 24.2 Å². The first-order chi connectivity index (χ1) is 8.54. The summed E-state index contributed by atoms with van der Waals surface area (Å²) in [6.45, 7) is 0.583. The van der Waals surface area contributed by atoms with Gasteiger partial charge in [0.1, 0.15) is 5.88 Å². The van der Waals surface area contributed by atoms with Crippen molar-refractivity contribution in [1.82, 2.24) is 10.6 Å². The molecule has 0 aliphatic carbocycles. The fraction of sp³-hybridized carbons (Fsp3) is 0.273. The second-order valence-electron chi connectivity index (χ2n) is 3.36. The predicted molar refractivity (Wildman–Crippen MR) is 72.5 cm³/mol. The molecule has 1 aromatic carbocycles. The maximum Gasteiger partial charge on any atom is 0.252 e. The molecular formula is C11H11Cl3N2O2. The van der Waals surface area contributed by atoms with Crippen LogP contribution in [0.2, 0.25) is 10.0 Å². The van der Waals surface area contributed by atoms with Crippen LogP contribution in [0.4, 0.5) is 0 Å². The van der Waals surface area contributed by atoms with Crippen LogP contribution in [0, 0.1) is 0 Å². The smallest absolute Gasteiger partial charge is 0.252 e. The highest BCUT2D eigenvalue weighted by molar-refractivity contribution is 6.35. The molecule has 0 aliphatic heterocycles. The maximum absolute atomic E-state index is 11.7. The number of halogens is 3. The lowest BCUT2D eigenvalue weighted by molar-refractivity contribution is -0.118. The van der Waals surface area contributed by atoms with Crippen molar-refractivity contribution in [3.05, 3.63) is 33.8 Å². The zero-order valence-corrected chi connectivity index (χ0v) is 11.6. The van der Waals surface area contributed by atoms with E-state index in [0.717, 1.165) is 0 Å². The van der Waals surface area contributed by atoms with Crippen LogP contribution in [0.1, 0.15) is 10.4 Å². The topological polar surface area (TPSA) is 58.2 Å². The Morgan fingerprint density at radius 1 is 1.11 bits per heavy atom. The van der Waals surface area contributed by atoms with E-state index < -0.39 is 0 Å². The molecule has 0 saturated carbocycles. The van der Waals surface area contributed by atoms with Gasteiger partial charge >= 0.3 is 0 Å². The quantitative estimate of drug-likeness (QED) is 0.646. The largest absolute Gasteiger partial charge is 0.353 e. The third kappa shape index (κ3) is 4.72. The first-order valence-corrected chi connectivity index (χ1v) is 6.39. The molecule has 0 radical (unpaired) electrons. The molecule has 0 saturated heterocycles. The Kier molecular flexibility index (Phi) is 6.25. The first-order valence-electron chi connectivity index (χ1n) is 5.10. The number of hydrogen-bond donors (Lipinski definition) is 2. The Labute approximate surface area is 120 Å². The molecule has 1 rings (SSSR count). The normalized spacial score (nSPS) is 9.94. The lowest BCUT2D eigenvalue weighted by Gasteiger charge is -2.07. The van der Waals surface area contributed by atoms with Crippen molar-refractivity contribution in [2.75, 3.05) is 19.0 Å². The van der Waals surface area contributed by atoms with Gasteiger partial charge in [-0.1, -0.05) is 23.2 Å². The van der Waals surface area contributed by atoms with E-state index in [0.29, 0.717) is 22.2 Å². The molecule has 0 heterocycles. The molecule has 0 unspecified atom stereocenters. The van der Waals surface area contributed by atoms with Gasteiger partial charge in [-0.2, -0.15) is 0 Å². The minimum absolute atomic E-state index is 0.103. The molecule has 18 heavy (non-hydrogen) atoms. The summed E-state index contributed by atoms with van der Waals surface area (Å²) in [5.41, 5.74) is 0.299. The average molecular weight is 310 g/mol. The van der Waals surface area contributed by atoms with Crippen molar-refractivity contribution >= 4 is 46.6 Å². The van der Waals surface area contributed by atoms with Gasteiger partial charge in [0.2, 0.25) is 5.91 Å². The van der Waals surface area contributed by atoms with Crippen LogP contribution in [0.3, 0.4) is 0 Å². The summed E-state index contributed by atoms with van der Waals surface area (Å²) >= 11 is 16.9. The number of nitrogens with one attached hydrogen (secondary N) is 2. The summed E-state index contributed by atoms with van der Waals surface area (Å²) in [5, 5.41) is 5.88. The highest BCUT2D eigenvalue weighted by Gasteiger charge is 2.10. The van der Waals surface area contributed by atoms with Crippen molar-refractivity contribution in [2.45, 2.75) is 0 Å². The minimum atomic E-state index is -0.345. The van der Waals surface area contributed by atoms with Crippen LogP contribution in [0.15, 0.2) is 18.2 Å². The van der Waals surface area contributed by atoms with E-state index in [9.17, 15) is 9.59 Å². The number of benzene rings is 1. The molecule has 0 bridgehead atoms. The van der Waals surface area contributed by atoms with Crippen molar-refractivity contribution in [2.24, 2.45) is 0 Å². The summed E-state index contributed by atoms with van der Waals surface area (Å²) in [6.07, 6.45) is 0. The van der Waals surface area contributed by atoms with E-state index in [4.69, 9.17) is 34.8 Å². The SMILES string of the molecule is O=C(CCl)NCCNC(=O)c1cc(Cl)ccc1Cl. The summed E-state index contributed by atoms with van der Waals surface area (Å²) in [4.78, 5) is 22.6. The van der Waals surface area contributed by atoms with Gasteiger partial charge in [0.15, 0.2) is 0 Å². The number of carbonyl (C=O) groups excluding carboxylic acids is 2. The fourth-order valence-corrected chi connectivity index (χ4v) is 1.66. The first kappa shape index (κ1) is 15.1. The second-order valence-corrected chi connectivity index (χ2v) is 4.47. The van der Waals surface area contributed by atoms with Crippen LogP contribution >= 0.6 is 34.8 Å². The van der Waals surface area contributed by atoms with Crippen LogP contribution in [0.25, 0.3) is 0 Å². The molecule has 2 N–H and O–H groups in total. The van der Waals surface area contributed by atoms with Crippen LogP contribution < -0.4 is 10.6 Å². The maximum atomic E-state index is 11.7. The van der Waals surface area contributed by atoms with Crippen molar-refractivity contribution in [3.63, 3.8) is 0 Å². The van der Waals surface area contributed by atoms with Gasteiger partial charge in [-0.05, 0) is 18.2 Å². The van der Waals surface area contributed by atoms with Gasteiger partial charge < -0.3 is 10.6 Å².